The summed E-state index contributed by atoms with van der Waals surface area (Å²) in [7, 11) is 0. The largest absolute Gasteiger partial charge is 0.456 e. The fraction of sp³-hybridized carbons (Fsp3) is 0.833. The molecule has 0 aromatic heterocycles. The standard InChI is InChI=1S/C12H15IO5/c1-2-6(13)11(15)18-8-7-3-12(4-14)5-16-9(8)10(12)17-7/h4,6-10H,2-3,5H2,1H3. The van der Waals surface area contributed by atoms with Crippen LogP contribution >= 0.6 is 22.6 Å². The molecule has 18 heavy (non-hydrogen) atoms. The van der Waals surface area contributed by atoms with Crippen LogP contribution in [0.25, 0.3) is 0 Å². The molecule has 100 valence electrons. The molecule has 3 heterocycles. The number of esters is 1. The van der Waals surface area contributed by atoms with Crippen LogP contribution < -0.4 is 0 Å². The van der Waals surface area contributed by atoms with E-state index >= 15 is 0 Å². The third kappa shape index (κ3) is 1.65. The second-order valence-corrected chi connectivity index (χ2v) is 6.71. The zero-order valence-electron chi connectivity index (χ0n) is 10.0. The van der Waals surface area contributed by atoms with Gasteiger partial charge in [0.05, 0.1) is 18.1 Å². The number of aldehydes is 1. The highest BCUT2D eigenvalue weighted by Gasteiger charge is 2.68. The van der Waals surface area contributed by atoms with Crippen LogP contribution in [0.3, 0.4) is 0 Å². The number of fused-ring (bicyclic) bond motifs is 1. The molecule has 2 bridgehead atoms. The third-order valence-electron chi connectivity index (χ3n) is 4.10. The summed E-state index contributed by atoms with van der Waals surface area (Å²) in [5.41, 5.74) is -0.493. The summed E-state index contributed by atoms with van der Waals surface area (Å²) in [6.45, 7) is 2.33. The normalized spacial score (nSPS) is 46.1. The summed E-state index contributed by atoms with van der Waals surface area (Å²) in [4.78, 5) is 23.0. The average molecular weight is 366 g/mol. The third-order valence-corrected chi connectivity index (χ3v) is 5.49. The van der Waals surface area contributed by atoms with Crippen molar-refractivity contribution in [3.05, 3.63) is 0 Å². The first-order valence-corrected chi connectivity index (χ1v) is 7.44. The molecule has 0 amide bonds. The highest BCUT2D eigenvalue weighted by Crippen LogP contribution is 2.53. The molecule has 6 atom stereocenters. The van der Waals surface area contributed by atoms with Gasteiger partial charge >= 0.3 is 5.97 Å². The lowest BCUT2D eigenvalue weighted by molar-refractivity contribution is -0.154. The smallest absolute Gasteiger partial charge is 0.319 e. The van der Waals surface area contributed by atoms with E-state index in [0.29, 0.717) is 13.0 Å². The minimum atomic E-state index is -0.493. The van der Waals surface area contributed by atoms with Crippen molar-refractivity contribution in [3.8, 4) is 0 Å². The summed E-state index contributed by atoms with van der Waals surface area (Å²) < 4.78 is 16.7. The van der Waals surface area contributed by atoms with E-state index < -0.39 is 5.41 Å². The van der Waals surface area contributed by atoms with E-state index in [0.717, 1.165) is 12.7 Å². The summed E-state index contributed by atoms with van der Waals surface area (Å²) in [5, 5.41) is 0. The van der Waals surface area contributed by atoms with E-state index in [1.165, 1.54) is 0 Å². The maximum Gasteiger partial charge on any atom is 0.319 e. The van der Waals surface area contributed by atoms with Gasteiger partial charge in [0.15, 0.2) is 6.10 Å². The Kier molecular flexibility index (Phi) is 3.14. The number of alkyl halides is 1. The Balaban J connectivity index is 1.72. The molecular weight excluding hydrogens is 351 g/mol. The van der Waals surface area contributed by atoms with Crippen LogP contribution in [0.5, 0.6) is 0 Å². The Bertz CT molecular complexity index is 387. The Morgan fingerprint density at radius 1 is 1.67 bits per heavy atom. The molecule has 0 aromatic rings. The van der Waals surface area contributed by atoms with Crippen LogP contribution in [0.4, 0.5) is 0 Å². The van der Waals surface area contributed by atoms with Crippen molar-refractivity contribution in [2.75, 3.05) is 6.61 Å². The highest BCUT2D eigenvalue weighted by molar-refractivity contribution is 14.1. The second-order valence-electron chi connectivity index (χ2n) is 5.20. The molecule has 0 spiro atoms. The predicted octanol–water partition coefficient (Wildman–Crippen LogP) is 0.867. The average Bonchev–Trinajstić information content (AvgIpc) is 2.97. The molecule has 3 aliphatic heterocycles. The van der Waals surface area contributed by atoms with Crippen molar-refractivity contribution < 1.29 is 23.8 Å². The van der Waals surface area contributed by atoms with E-state index in [1.54, 1.807) is 0 Å². The van der Waals surface area contributed by atoms with Gasteiger partial charge in [0.1, 0.15) is 22.4 Å². The number of carbonyl (C=O) groups excluding carboxylic acids is 2. The van der Waals surface area contributed by atoms with Gasteiger partial charge in [-0.2, -0.15) is 0 Å². The Hall–Kier alpha value is -0.210. The Labute approximate surface area is 119 Å². The first-order chi connectivity index (χ1) is 8.61. The summed E-state index contributed by atoms with van der Waals surface area (Å²) in [6, 6.07) is 0. The second kappa shape index (κ2) is 4.42. The van der Waals surface area contributed by atoms with Gasteiger partial charge in [0.25, 0.3) is 0 Å². The minimum Gasteiger partial charge on any atom is -0.456 e. The predicted molar refractivity (Wildman–Crippen MR) is 69.5 cm³/mol. The van der Waals surface area contributed by atoms with Gasteiger partial charge in [0, 0.05) is 0 Å². The van der Waals surface area contributed by atoms with Gasteiger partial charge in [0.2, 0.25) is 0 Å². The van der Waals surface area contributed by atoms with Crippen LogP contribution in [0.2, 0.25) is 0 Å². The summed E-state index contributed by atoms with van der Waals surface area (Å²) >= 11 is 2.08. The van der Waals surface area contributed by atoms with Crippen molar-refractivity contribution in [1.29, 1.82) is 0 Å². The number of halogens is 1. The fourth-order valence-electron chi connectivity index (χ4n) is 3.09. The first kappa shape index (κ1) is 12.8. The SMILES string of the molecule is CCC(I)C(=O)OC1C2CC3(C=O)COC1C3O2. The van der Waals surface area contributed by atoms with Crippen LogP contribution in [0, 0.1) is 5.41 Å². The van der Waals surface area contributed by atoms with Crippen LogP contribution in [0.1, 0.15) is 19.8 Å². The van der Waals surface area contributed by atoms with Crippen molar-refractivity contribution in [3.63, 3.8) is 0 Å². The fourth-order valence-corrected chi connectivity index (χ4v) is 3.23. The van der Waals surface area contributed by atoms with E-state index in [9.17, 15) is 9.59 Å². The molecule has 3 aliphatic rings. The van der Waals surface area contributed by atoms with Gasteiger partial charge in [-0.1, -0.05) is 29.5 Å². The molecule has 0 saturated carbocycles. The number of hydrogen-bond acceptors (Lipinski definition) is 5. The zero-order chi connectivity index (χ0) is 12.9. The molecular formula is C12H15IO5. The summed E-state index contributed by atoms with van der Waals surface area (Å²) in [5.74, 6) is -0.216. The number of carbonyl (C=O) groups is 2. The van der Waals surface area contributed by atoms with Crippen molar-refractivity contribution in [2.45, 2.75) is 48.1 Å². The van der Waals surface area contributed by atoms with Gasteiger partial charge in [-0.25, -0.2) is 0 Å². The van der Waals surface area contributed by atoms with Crippen molar-refractivity contribution in [2.24, 2.45) is 5.41 Å². The van der Waals surface area contributed by atoms with Crippen molar-refractivity contribution >= 4 is 34.8 Å². The molecule has 0 radical (unpaired) electrons. The minimum absolute atomic E-state index is 0.140. The van der Waals surface area contributed by atoms with E-state index in [4.69, 9.17) is 14.2 Å². The van der Waals surface area contributed by atoms with E-state index in [2.05, 4.69) is 22.6 Å². The molecule has 5 nitrogen and oxygen atoms in total. The lowest BCUT2D eigenvalue weighted by Crippen LogP contribution is -2.45. The molecule has 6 unspecified atom stereocenters. The number of rotatable bonds is 4. The quantitative estimate of drug-likeness (QED) is 0.320. The van der Waals surface area contributed by atoms with E-state index in [1.807, 2.05) is 6.92 Å². The molecule has 3 rings (SSSR count). The number of hydrogen-bond donors (Lipinski definition) is 0. The van der Waals surface area contributed by atoms with Crippen molar-refractivity contribution in [1.82, 2.24) is 0 Å². The number of ether oxygens (including phenoxy) is 3. The Morgan fingerprint density at radius 3 is 3.11 bits per heavy atom. The van der Waals surface area contributed by atoms with E-state index in [-0.39, 0.29) is 34.3 Å². The van der Waals surface area contributed by atoms with Gasteiger partial charge < -0.3 is 19.0 Å². The van der Waals surface area contributed by atoms with Crippen LogP contribution in [-0.4, -0.2) is 47.2 Å². The zero-order valence-corrected chi connectivity index (χ0v) is 12.2. The lowest BCUT2D eigenvalue weighted by Gasteiger charge is -2.27. The molecule has 0 aromatic carbocycles. The first-order valence-electron chi connectivity index (χ1n) is 6.19. The molecule has 0 N–H and O–H groups in total. The lowest BCUT2D eigenvalue weighted by atomic mass is 9.76. The molecule has 3 saturated heterocycles. The van der Waals surface area contributed by atoms with Gasteiger partial charge in [-0.3, -0.25) is 4.79 Å². The Morgan fingerprint density at radius 2 is 2.44 bits per heavy atom. The van der Waals surface area contributed by atoms with Crippen LogP contribution in [-0.2, 0) is 23.8 Å². The molecule has 0 aliphatic carbocycles. The maximum atomic E-state index is 11.8. The monoisotopic (exact) mass is 366 g/mol. The molecule has 6 heteroatoms. The van der Waals surface area contributed by atoms with Gasteiger partial charge in [-0.05, 0) is 12.8 Å². The maximum absolute atomic E-state index is 11.8. The van der Waals surface area contributed by atoms with Crippen LogP contribution in [0.15, 0.2) is 0 Å². The van der Waals surface area contributed by atoms with Gasteiger partial charge in [-0.15, -0.1) is 0 Å². The topological polar surface area (TPSA) is 61.8 Å². The summed E-state index contributed by atoms with van der Waals surface area (Å²) in [6.07, 6.45) is 1.27. The highest BCUT2D eigenvalue weighted by atomic mass is 127. The molecule has 3 fully saturated rings.